The molecule has 168 valence electrons. The van der Waals surface area contributed by atoms with Gasteiger partial charge >= 0.3 is 0 Å². The summed E-state index contributed by atoms with van der Waals surface area (Å²) in [6.45, 7) is 3.04. The maximum Gasteiger partial charge on any atom is 0.254 e. The van der Waals surface area contributed by atoms with E-state index in [4.69, 9.17) is 28.6 Å². The Labute approximate surface area is 193 Å². The summed E-state index contributed by atoms with van der Waals surface area (Å²) in [5.74, 6) is -2.61. The number of amides is 1. The zero-order valence-electron chi connectivity index (χ0n) is 17.0. The fourth-order valence-electron chi connectivity index (χ4n) is 3.89. The monoisotopic (exact) mass is 481 g/mol. The van der Waals surface area contributed by atoms with E-state index in [1.807, 2.05) is 0 Å². The largest absolute Gasteiger partial charge is 0.378 e. The molecule has 4 rings (SSSR count). The first-order valence-electron chi connectivity index (χ1n) is 9.87. The summed E-state index contributed by atoms with van der Waals surface area (Å²) in [4.78, 5) is 16.6. The number of halogens is 4. The van der Waals surface area contributed by atoms with E-state index >= 15 is 0 Å². The summed E-state index contributed by atoms with van der Waals surface area (Å²) >= 11 is 11.4. The van der Waals surface area contributed by atoms with Gasteiger partial charge in [-0.15, -0.1) is 0 Å². The molecule has 1 atom stereocenters. The number of thiocarbonyl (C=S) groups is 1. The second-order valence-corrected chi connectivity index (χ2v) is 8.15. The third-order valence-electron chi connectivity index (χ3n) is 5.46. The number of nitrogens with one attached hydrogen (secondary N) is 1. The molecule has 2 aliphatic heterocycles. The number of carbonyl (C=O) groups is 1. The van der Waals surface area contributed by atoms with Crippen LogP contribution in [0.15, 0.2) is 47.7 Å². The summed E-state index contributed by atoms with van der Waals surface area (Å²) in [5, 5.41) is 2.87. The number of hydrogen-bond donors (Lipinski definition) is 1. The number of carbonyl (C=O) groups excluding carboxylic acids is 1. The number of allylic oxidation sites excluding steroid dienone is 1. The maximum absolute atomic E-state index is 14.7. The van der Waals surface area contributed by atoms with E-state index in [1.54, 1.807) is 11.8 Å². The van der Waals surface area contributed by atoms with Crippen molar-refractivity contribution >= 4 is 40.5 Å². The highest BCUT2D eigenvalue weighted by atomic mass is 35.5. The van der Waals surface area contributed by atoms with Gasteiger partial charge in [0.15, 0.2) is 5.11 Å². The van der Waals surface area contributed by atoms with Crippen molar-refractivity contribution < 1.29 is 22.7 Å². The fourth-order valence-corrected chi connectivity index (χ4v) is 4.43. The first-order valence-corrected chi connectivity index (χ1v) is 10.7. The molecule has 2 aliphatic rings. The average molecular weight is 482 g/mol. The topological polar surface area (TPSA) is 44.8 Å². The highest BCUT2D eigenvalue weighted by Gasteiger charge is 2.39. The summed E-state index contributed by atoms with van der Waals surface area (Å²) in [7, 11) is 0. The normalized spacial score (nSPS) is 19.3. The van der Waals surface area contributed by atoms with Crippen molar-refractivity contribution in [2.75, 3.05) is 31.2 Å². The lowest BCUT2D eigenvalue weighted by Crippen LogP contribution is -2.51. The van der Waals surface area contributed by atoms with E-state index in [0.29, 0.717) is 37.7 Å². The number of morpholine rings is 1. The van der Waals surface area contributed by atoms with Gasteiger partial charge in [-0.3, -0.25) is 9.69 Å². The summed E-state index contributed by atoms with van der Waals surface area (Å²) in [6.07, 6.45) is 0. The molecular formula is C22H19ClF3N3O2S. The second-order valence-electron chi connectivity index (χ2n) is 7.36. The lowest BCUT2D eigenvalue weighted by molar-refractivity contribution is -0.131. The molecule has 2 heterocycles. The molecule has 2 aromatic rings. The molecule has 0 bridgehead atoms. The van der Waals surface area contributed by atoms with Gasteiger partial charge < -0.3 is 15.0 Å². The molecule has 32 heavy (non-hydrogen) atoms. The second kappa shape index (κ2) is 9.09. The Morgan fingerprint density at radius 2 is 1.78 bits per heavy atom. The van der Waals surface area contributed by atoms with Crippen LogP contribution in [0.4, 0.5) is 18.9 Å². The molecule has 1 saturated heterocycles. The van der Waals surface area contributed by atoms with Gasteiger partial charge in [0.05, 0.1) is 35.4 Å². The van der Waals surface area contributed by atoms with E-state index in [0.717, 1.165) is 12.1 Å². The van der Waals surface area contributed by atoms with Crippen LogP contribution in [0.2, 0.25) is 5.02 Å². The van der Waals surface area contributed by atoms with Crippen LogP contribution < -0.4 is 10.2 Å². The number of rotatable bonds is 3. The highest BCUT2D eigenvalue weighted by Crippen LogP contribution is 2.37. The first kappa shape index (κ1) is 22.6. The molecule has 0 aromatic heterocycles. The minimum absolute atomic E-state index is 0.0938. The van der Waals surface area contributed by atoms with Crippen LogP contribution in [0.25, 0.3) is 0 Å². The molecule has 0 saturated carbocycles. The van der Waals surface area contributed by atoms with E-state index in [2.05, 4.69) is 5.32 Å². The molecule has 1 amide bonds. The van der Waals surface area contributed by atoms with Crippen LogP contribution in [0, 0.1) is 17.5 Å². The quantitative estimate of drug-likeness (QED) is 0.661. The molecule has 0 aliphatic carbocycles. The summed E-state index contributed by atoms with van der Waals surface area (Å²) < 4.78 is 48.5. The van der Waals surface area contributed by atoms with Gasteiger partial charge in [-0.1, -0.05) is 17.7 Å². The molecule has 0 radical (unpaired) electrons. The predicted octanol–water partition coefficient (Wildman–Crippen LogP) is 4.33. The molecule has 10 heteroatoms. The summed E-state index contributed by atoms with van der Waals surface area (Å²) in [5.41, 5.74) is 0.597. The Balaban J connectivity index is 1.88. The minimum atomic E-state index is -1.15. The van der Waals surface area contributed by atoms with Crippen LogP contribution in [0.1, 0.15) is 18.5 Å². The van der Waals surface area contributed by atoms with E-state index < -0.39 is 29.4 Å². The van der Waals surface area contributed by atoms with Crippen molar-refractivity contribution in [1.82, 2.24) is 10.2 Å². The zero-order chi connectivity index (χ0) is 23.0. The van der Waals surface area contributed by atoms with Gasteiger partial charge in [-0.05, 0) is 49.5 Å². The van der Waals surface area contributed by atoms with Crippen molar-refractivity contribution in [2.45, 2.75) is 13.0 Å². The minimum Gasteiger partial charge on any atom is -0.378 e. The lowest BCUT2D eigenvalue weighted by Gasteiger charge is -2.40. The molecule has 0 spiro atoms. The molecule has 2 aromatic carbocycles. The Kier molecular flexibility index (Phi) is 6.41. The van der Waals surface area contributed by atoms with Crippen LogP contribution >= 0.6 is 23.8 Å². The number of ether oxygens (including phenoxy) is 1. The maximum atomic E-state index is 14.7. The van der Waals surface area contributed by atoms with Gasteiger partial charge in [-0.2, -0.15) is 0 Å². The van der Waals surface area contributed by atoms with Gasteiger partial charge in [0.25, 0.3) is 5.91 Å². The molecule has 1 unspecified atom stereocenters. The number of nitrogens with zero attached hydrogens (tertiary/aromatic N) is 2. The van der Waals surface area contributed by atoms with Gasteiger partial charge in [0.2, 0.25) is 0 Å². The number of benzene rings is 2. The van der Waals surface area contributed by atoms with Crippen molar-refractivity contribution in [3.05, 3.63) is 75.7 Å². The third kappa shape index (κ3) is 4.07. The Morgan fingerprint density at radius 3 is 2.41 bits per heavy atom. The smallest absolute Gasteiger partial charge is 0.254 e. The molecule has 1 fully saturated rings. The van der Waals surface area contributed by atoms with Crippen molar-refractivity contribution in [3.63, 3.8) is 0 Å². The SMILES string of the molecule is CC1=C(C(=O)N2CCOCC2)C(c2c(F)cccc2F)NC(=S)N1c1ccc(F)c(Cl)c1. The Bertz CT molecular complexity index is 1100. The fraction of sp³-hybridized carbons (Fsp3) is 0.273. The molecular weight excluding hydrogens is 463 g/mol. The van der Waals surface area contributed by atoms with Crippen molar-refractivity contribution in [1.29, 1.82) is 0 Å². The third-order valence-corrected chi connectivity index (χ3v) is 6.05. The standard InChI is InChI=1S/C22H19ClF3N3O2S/c1-12-18(21(30)28-7-9-31-10-8-28)20(19-16(25)3-2-4-17(19)26)27-22(32)29(12)13-5-6-15(24)14(23)11-13/h2-6,11,20H,7-10H2,1H3,(H,27,32). The molecule has 1 N–H and O–H groups in total. The predicted molar refractivity (Wildman–Crippen MR) is 119 cm³/mol. The van der Waals surface area contributed by atoms with E-state index in [-0.39, 0.29) is 21.3 Å². The number of anilines is 1. The zero-order valence-corrected chi connectivity index (χ0v) is 18.6. The van der Waals surface area contributed by atoms with Crippen molar-refractivity contribution in [3.8, 4) is 0 Å². The van der Waals surface area contributed by atoms with Crippen LogP contribution in [-0.4, -0.2) is 42.2 Å². The first-order chi connectivity index (χ1) is 15.3. The highest BCUT2D eigenvalue weighted by molar-refractivity contribution is 7.80. The number of hydrogen-bond acceptors (Lipinski definition) is 3. The lowest BCUT2D eigenvalue weighted by atomic mass is 9.92. The van der Waals surface area contributed by atoms with Gasteiger partial charge in [0, 0.05) is 24.5 Å². The van der Waals surface area contributed by atoms with Gasteiger partial charge in [-0.25, -0.2) is 13.2 Å². The van der Waals surface area contributed by atoms with E-state index in [1.165, 1.54) is 29.2 Å². The summed E-state index contributed by atoms with van der Waals surface area (Å²) in [6, 6.07) is 6.37. The van der Waals surface area contributed by atoms with Crippen LogP contribution in [-0.2, 0) is 9.53 Å². The van der Waals surface area contributed by atoms with Crippen molar-refractivity contribution in [2.24, 2.45) is 0 Å². The Morgan fingerprint density at radius 1 is 1.12 bits per heavy atom. The average Bonchev–Trinajstić information content (AvgIpc) is 2.76. The molecule has 5 nitrogen and oxygen atoms in total. The van der Waals surface area contributed by atoms with Crippen LogP contribution in [0.5, 0.6) is 0 Å². The van der Waals surface area contributed by atoms with E-state index in [9.17, 15) is 18.0 Å². The van der Waals surface area contributed by atoms with Gasteiger partial charge in [0.1, 0.15) is 17.5 Å². The Hall–Kier alpha value is -2.62. The van der Waals surface area contributed by atoms with Crippen LogP contribution in [0.3, 0.4) is 0 Å².